The Morgan fingerprint density at radius 3 is 2.30 bits per heavy atom. The van der Waals surface area contributed by atoms with Crippen LogP contribution in [0.2, 0.25) is 0 Å². The molecule has 40 heavy (non-hydrogen) atoms. The largest absolute Gasteiger partial charge is 0.490 e. The second-order valence-electron chi connectivity index (χ2n) is 10.0. The predicted molar refractivity (Wildman–Crippen MR) is 142 cm³/mol. The number of alkyl halides is 3. The number of hydrogen-bond acceptors (Lipinski definition) is 5. The van der Waals surface area contributed by atoms with Crippen molar-refractivity contribution in [2.45, 2.75) is 51.1 Å². The van der Waals surface area contributed by atoms with E-state index in [1.165, 1.54) is 12.1 Å². The number of ether oxygens (including phenoxy) is 2. The highest BCUT2D eigenvalue weighted by Gasteiger charge is 2.35. The first kappa shape index (κ1) is 29.3. The van der Waals surface area contributed by atoms with E-state index < -0.39 is 34.8 Å². The van der Waals surface area contributed by atoms with Gasteiger partial charge in [-0.3, -0.25) is 10.1 Å². The zero-order chi connectivity index (χ0) is 28.9. The van der Waals surface area contributed by atoms with Crippen molar-refractivity contribution in [2.24, 2.45) is 0 Å². The number of hydrogen-bond donors (Lipinski definition) is 3. The molecule has 0 aliphatic carbocycles. The summed E-state index contributed by atoms with van der Waals surface area (Å²) in [5, 5.41) is 8.62. The fraction of sp³-hybridized carbons (Fsp3) is 0.345. The van der Waals surface area contributed by atoms with E-state index in [0.29, 0.717) is 42.3 Å². The van der Waals surface area contributed by atoms with Gasteiger partial charge < -0.3 is 20.1 Å². The number of benzene rings is 3. The molecular weight excluding hydrogens is 533 g/mol. The maximum atomic E-state index is 14.1. The van der Waals surface area contributed by atoms with E-state index in [1.54, 1.807) is 19.9 Å². The first-order valence-electron chi connectivity index (χ1n) is 12.7. The number of halogens is 5. The van der Waals surface area contributed by atoms with Crippen LogP contribution in [0, 0.1) is 11.6 Å². The summed E-state index contributed by atoms with van der Waals surface area (Å²) in [6, 6.07) is 13.7. The van der Waals surface area contributed by atoms with E-state index >= 15 is 0 Å². The maximum absolute atomic E-state index is 14.1. The smallest absolute Gasteiger partial charge is 0.419 e. The Labute approximate surface area is 228 Å². The van der Waals surface area contributed by atoms with Crippen LogP contribution in [0.1, 0.15) is 37.8 Å². The molecule has 3 N–H and O–H groups in total. The summed E-state index contributed by atoms with van der Waals surface area (Å²) in [4.78, 5) is 12.9. The third-order valence-corrected chi connectivity index (χ3v) is 6.49. The molecule has 6 nitrogen and oxygen atoms in total. The summed E-state index contributed by atoms with van der Waals surface area (Å²) >= 11 is 0. The average molecular weight is 564 g/mol. The monoisotopic (exact) mass is 563 g/mol. The molecule has 1 fully saturated rings. The first-order valence-corrected chi connectivity index (χ1v) is 12.7. The van der Waals surface area contributed by atoms with Crippen molar-refractivity contribution in [3.05, 3.63) is 83.4 Å². The van der Waals surface area contributed by atoms with Gasteiger partial charge in [-0.25, -0.2) is 8.78 Å². The highest BCUT2D eigenvalue weighted by atomic mass is 19.4. The Kier molecular flexibility index (Phi) is 8.95. The number of nitrogens with one attached hydrogen (secondary N) is 3. The Hall–Kier alpha value is -3.70. The van der Waals surface area contributed by atoms with E-state index in [-0.39, 0.29) is 18.3 Å². The van der Waals surface area contributed by atoms with Crippen molar-refractivity contribution in [2.75, 3.05) is 23.8 Å². The third-order valence-electron chi connectivity index (χ3n) is 6.49. The van der Waals surface area contributed by atoms with E-state index in [2.05, 4.69) is 16.0 Å². The summed E-state index contributed by atoms with van der Waals surface area (Å²) in [5.74, 6) is -1.81. The number of anilines is 3. The van der Waals surface area contributed by atoms with Gasteiger partial charge in [-0.1, -0.05) is 6.07 Å². The Morgan fingerprint density at radius 2 is 1.62 bits per heavy atom. The van der Waals surface area contributed by atoms with Crippen LogP contribution in [0.15, 0.2) is 60.7 Å². The van der Waals surface area contributed by atoms with E-state index in [9.17, 15) is 26.7 Å². The lowest BCUT2D eigenvalue weighted by atomic mass is 10.0. The SMILES string of the molecule is CC(C)(NCc1ccc(F)cc1Nc1ccc(OC2CCOCC2)cc1)C(=O)Nc1ccc(F)c(C(F)(F)F)c1. The molecule has 1 aliphatic heterocycles. The topological polar surface area (TPSA) is 71.6 Å². The second-order valence-corrected chi connectivity index (χ2v) is 10.0. The first-order chi connectivity index (χ1) is 18.9. The van der Waals surface area contributed by atoms with Gasteiger partial charge in [0.25, 0.3) is 0 Å². The fourth-order valence-electron chi connectivity index (χ4n) is 4.08. The van der Waals surface area contributed by atoms with Gasteiger partial charge in [0.05, 0.1) is 24.3 Å². The van der Waals surface area contributed by atoms with Gasteiger partial charge in [-0.05, 0) is 74.0 Å². The highest BCUT2D eigenvalue weighted by Crippen LogP contribution is 2.33. The third kappa shape index (κ3) is 7.70. The highest BCUT2D eigenvalue weighted by molar-refractivity contribution is 5.97. The zero-order valence-electron chi connectivity index (χ0n) is 22.0. The summed E-state index contributed by atoms with van der Waals surface area (Å²) < 4.78 is 78.1. The zero-order valence-corrected chi connectivity index (χ0v) is 22.0. The van der Waals surface area contributed by atoms with Gasteiger partial charge in [0.2, 0.25) is 5.91 Å². The summed E-state index contributed by atoms with van der Waals surface area (Å²) in [7, 11) is 0. The molecule has 1 aliphatic rings. The minimum absolute atomic E-state index is 0.101. The Morgan fingerprint density at radius 1 is 0.950 bits per heavy atom. The maximum Gasteiger partial charge on any atom is 0.419 e. The number of amides is 1. The molecule has 0 bridgehead atoms. The molecule has 0 spiro atoms. The van der Waals surface area contributed by atoms with Gasteiger partial charge in [0.15, 0.2) is 0 Å². The molecule has 3 aromatic rings. The Balaban J connectivity index is 1.40. The molecule has 214 valence electrons. The van der Waals surface area contributed by atoms with Crippen LogP contribution in [-0.2, 0) is 22.3 Å². The Bertz CT molecular complexity index is 1320. The minimum atomic E-state index is -4.90. The van der Waals surface area contributed by atoms with Crippen molar-refractivity contribution < 1.29 is 36.2 Å². The summed E-state index contributed by atoms with van der Waals surface area (Å²) in [5.41, 5.74) is -1.11. The molecule has 1 heterocycles. The normalized spacial score (nSPS) is 14.6. The van der Waals surface area contributed by atoms with Gasteiger partial charge in [0.1, 0.15) is 23.5 Å². The molecule has 0 unspecified atom stereocenters. The van der Waals surface area contributed by atoms with Crippen LogP contribution < -0.4 is 20.7 Å². The van der Waals surface area contributed by atoms with Crippen LogP contribution >= 0.6 is 0 Å². The lowest BCUT2D eigenvalue weighted by molar-refractivity contribution is -0.140. The molecule has 1 amide bonds. The molecule has 4 rings (SSSR count). The molecular formula is C29H30F5N3O3. The molecule has 0 aromatic heterocycles. The molecule has 0 atom stereocenters. The van der Waals surface area contributed by atoms with Crippen LogP contribution in [0.25, 0.3) is 0 Å². The van der Waals surface area contributed by atoms with E-state index in [4.69, 9.17) is 9.47 Å². The van der Waals surface area contributed by atoms with Gasteiger partial charge in [0, 0.05) is 36.4 Å². The molecule has 11 heteroatoms. The van der Waals surface area contributed by atoms with Crippen LogP contribution in [0.3, 0.4) is 0 Å². The van der Waals surface area contributed by atoms with Crippen LogP contribution in [-0.4, -0.2) is 30.8 Å². The molecule has 0 radical (unpaired) electrons. The molecule has 3 aromatic carbocycles. The number of carbonyl (C=O) groups is 1. The van der Waals surface area contributed by atoms with Gasteiger partial charge in [-0.2, -0.15) is 13.2 Å². The second kappa shape index (κ2) is 12.2. The lowest BCUT2D eigenvalue weighted by Crippen LogP contribution is -2.49. The standard InChI is InChI=1S/C29H30F5N3O3/c1-28(2,27(38)37-21-7-10-25(31)24(16-21)29(32,33)34)35-17-18-3-4-19(30)15-26(18)36-20-5-8-22(9-6-20)40-23-11-13-39-14-12-23/h3-10,15-16,23,35-36H,11-14,17H2,1-2H3,(H,37,38). The van der Waals surface area contributed by atoms with Gasteiger partial charge in [-0.15, -0.1) is 0 Å². The summed E-state index contributed by atoms with van der Waals surface area (Å²) in [6.45, 7) is 4.56. The molecule has 1 saturated heterocycles. The number of carbonyl (C=O) groups excluding carboxylic acids is 1. The summed E-state index contributed by atoms with van der Waals surface area (Å²) in [6.07, 6.45) is -3.15. The van der Waals surface area contributed by atoms with Crippen molar-refractivity contribution in [1.82, 2.24) is 5.32 Å². The van der Waals surface area contributed by atoms with Crippen molar-refractivity contribution in [3.63, 3.8) is 0 Å². The predicted octanol–water partition coefficient (Wildman–Crippen LogP) is 6.79. The lowest BCUT2D eigenvalue weighted by Gasteiger charge is -2.26. The van der Waals surface area contributed by atoms with Crippen LogP contribution in [0.5, 0.6) is 5.75 Å². The van der Waals surface area contributed by atoms with E-state index in [0.717, 1.165) is 24.7 Å². The van der Waals surface area contributed by atoms with Crippen molar-refractivity contribution in [3.8, 4) is 5.75 Å². The number of rotatable bonds is 9. The van der Waals surface area contributed by atoms with Crippen LogP contribution in [0.4, 0.5) is 39.0 Å². The quantitative estimate of drug-likeness (QED) is 0.250. The fourth-order valence-corrected chi connectivity index (χ4v) is 4.08. The van der Waals surface area contributed by atoms with Crippen molar-refractivity contribution >= 4 is 23.0 Å². The minimum Gasteiger partial charge on any atom is -0.490 e. The molecule has 0 saturated carbocycles. The van der Waals surface area contributed by atoms with Gasteiger partial charge >= 0.3 is 6.18 Å². The van der Waals surface area contributed by atoms with E-state index in [1.807, 2.05) is 24.3 Å². The van der Waals surface area contributed by atoms with Crippen molar-refractivity contribution in [1.29, 1.82) is 0 Å². The average Bonchev–Trinajstić information content (AvgIpc) is 2.90.